The van der Waals surface area contributed by atoms with Gasteiger partial charge in [0, 0.05) is 146 Å². The number of carbonyl (C=O) groups is 4. The number of rotatable bonds is 20. The summed E-state index contributed by atoms with van der Waals surface area (Å²) in [6.07, 6.45) is 24.7. The third-order valence-corrected chi connectivity index (χ3v) is 30.6. The maximum Gasteiger partial charge on any atom is 0.230 e. The van der Waals surface area contributed by atoms with E-state index in [1.807, 2.05) is 43.9 Å². The van der Waals surface area contributed by atoms with Crippen LogP contribution in [0.4, 0.5) is 91.5 Å². The molecule has 140 heavy (non-hydrogen) atoms. The fraction of sp³-hybridized carbons (Fsp3) is 0.571. The highest BCUT2D eigenvalue weighted by Crippen LogP contribution is 2.48. The Morgan fingerprint density at radius 2 is 0.471 bits per heavy atom. The third kappa shape index (κ3) is 25.0. The van der Waals surface area contributed by atoms with Gasteiger partial charge in [-0.25, -0.2) is 19.9 Å². The van der Waals surface area contributed by atoms with Crippen LogP contribution in [0.25, 0.3) is 0 Å². The Bertz CT molecular complexity index is 4770. The molecule has 4 atom stereocenters. The SMILES string of the molecule is CC(C)O[C@@H](C)C1CCC(C(=O)N2Cc3cccnc3Nc3ccc(N4CCOCC4)cc32)CC1.CC(C)O[C@@H](C)C1CCC(C(=O)N2Cc3cccnc3Nc3ccc(N4CCOCC4)cc32)CC1.CC(C)O[C@H](C)C1CCC(C(=O)N2Cc3cccnc3Nc3ccc(N4CCOCC4)cc32)CC1.CC(C)O[C@H](C)C1CCC(C(=O)N2Cc3cccnc3Nc3ccc(N4CCOCC4)cc32)CC1. The van der Waals surface area contributed by atoms with Gasteiger partial charge in [0.2, 0.25) is 23.6 Å². The van der Waals surface area contributed by atoms with Gasteiger partial charge in [-0.2, -0.15) is 0 Å². The highest BCUT2D eigenvalue weighted by Gasteiger charge is 2.42. The Balaban J connectivity index is 0.000000129. The minimum atomic E-state index is 0.0376. The molecule has 0 spiro atoms. The fourth-order valence-electron chi connectivity index (χ4n) is 22.9. The molecule has 8 fully saturated rings. The molecule has 0 radical (unpaired) electrons. The Kier molecular flexibility index (Phi) is 34.3. The van der Waals surface area contributed by atoms with E-state index in [1.54, 1.807) is 24.8 Å². The largest absolute Gasteiger partial charge is 0.378 e. The molecule has 8 aromatic rings. The second-order valence-electron chi connectivity index (χ2n) is 41.5. The Hall–Kier alpha value is -10.6. The summed E-state index contributed by atoms with van der Waals surface area (Å²) in [5.41, 5.74) is 16.2. The summed E-state index contributed by atoms with van der Waals surface area (Å²) in [5, 5.41) is 14.0. The Morgan fingerprint density at radius 3 is 0.657 bits per heavy atom. The van der Waals surface area contributed by atoms with Crippen LogP contribution < -0.4 is 60.5 Å². The molecular weight excluding hydrogens is 1760 g/mol. The van der Waals surface area contributed by atoms with Gasteiger partial charge in [-0.15, -0.1) is 0 Å². The van der Waals surface area contributed by atoms with Gasteiger partial charge in [0.15, 0.2) is 0 Å². The van der Waals surface area contributed by atoms with E-state index in [9.17, 15) is 19.2 Å². The predicted molar refractivity (Wildman–Crippen MR) is 557 cm³/mol. The molecule has 28 heteroatoms. The summed E-state index contributed by atoms with van der Waals surface area (Å²) in [6, 6.07) is 41.6. The summed E-state index contributed by atoms with van der Waals surface area (Å²) in [5.74, 6) is 6.44. The van der Waals surface area contributed by atoms with Crippen molar-refractivity contribution < 1.29 is 57.1 Å². The molecule has 12 aliphatic rings. The molecule has 4 saturated heterocycles. The van der Waals surface area contributed by atoms with Gasteiger partial charge < -0.3 is 98.4 Å². The number of hydrogen-bond donors (Lipinski definition) is 4. The molecule has 4 N–H and O–H groups in total. The number of carbonyl (C=O) groups excluding carboxylic acids is 4. The Morgan fingerprint density at radius 1 is 0.279 bits per heavy atom. The summed E-state index contributed by atoms with van der Waals surface area (Å²) in [4.78, 5) is 91.7. The van der Waals surface area contributed by atoms with Crippen molar-refractivity contribution in [1.82, 2.24) is 19.9 Å². The van der Waals surface area contributed by atoms with Crippen LogP contribution in [0.5, 0.6) is 0 Å². The average Bonchev–Trinajstić information content (AvgIpc) is 1.65. The zero-order valence-electron chi connectivity index (χ0n) is 84.8. The van der Waals surface area contributed by atoms with Gasteiger partial charge in [0.25, 0.3) is 0 Å². The third-order valence-electron chi connectivity index (χ3n) is 30.6. The van der Waals surface area contributed by atoms with E-state index in [0.717, 1.165) is 322 Å². The van der Waals surface area contributed by atoms with Gasteiger partial charge >= 0.3 is 0 Å². The molecule has 8 aliphatic heterocycles. The Labute approximate surface area is 829 Å². The average molecular weight is 1910 g/mol. The van der Waals surface area contributed by atoms with E-state index < -0.39 is 0 Å². The number of nitrogens with zero attached hydrogens (tertiary/aromatic N) is 12. The number of nitrogens with one attached hydrogen (secondary N) is 4. The van der Waals surface area contributed by atoms with Crippen LogP contribution in [0.1, 0.15) is 208 Å². The molecule has 20 rings (SSSR count). The predicted octanol–water partition coefficient (Wildman–Crippen LogP) is 20.5. The summed E-state index contributed by atoms with van der Waals surface area (Å²) in [6.45, 7) is 40.3. The van der Waals surface area contributed by atoms with E-state index >= 15 is 0 Å². The zero-order chi connectivity index (χ0) is 97.5. The van der Waals surface area contributed by atoms with Gasteiger partial charge in [0.05, 0.1) is 173 Å². The highest BCUT2D eigenvalue weighted by molar-refractivity contribution is 6.04. The van der Waals surface area contributed by atoms with Crippen molar-refractivity contribution in [1.29, 1.82) is 0 Å². The minimum Gasteiger partial charge on any atom is -0.378 e. The fourth-order valence-corrected chi connectivity index (χ4v) is 22.9. The molecule has 4 aliphatic carbocycles. The van der Waals surface area contributed by atoms with Crippen LogP contribution in [-0.2, 0) is 83.3 Å². The molecule has 4 aromatic carbocycles. The minimum absolute atomic E-state index is 0.0376. The van der Waals surface area contributed by atoms with Crippen molar-refractivity contribution >= 4 is 115 Å². The first kappa shape index (κ1) is 101. The number of amides is 4. The summed E-state index contributed by atoms with van der Waals surface area (Å²) in [7, 11) is 0. The standard InChI is InChI=1S/4C28H38N4O3/c4*1-19(2)35-20(3)21-6-8-22(9-7-21)28(33)32-18-23-5-4-12-29-27(23)30-25-11-10-24(17-26(25)32)31-13-15-34-16-14-31/h4*4-5,10-12,17,19-22H,6-9,13-16,18H2,1-3H3,(H,29,30)/t4*20-,21?,22?/m1100/s1. The van der Waals surface area contributed by atoms with E-state index in [1.165, 1.54) is 0 Å². The van der Waals surface area contributed by atoms with Crippen molar-refractivity contribution in [3.05, 3.63) is 168 Å². The quantitative estimate of drug-likeness (QED) is 0.0552. The van der Waals surface area contributed by atoms with Gasteiger partial charge in [-0.05, 0) is 307 Å². The van der Waals surface area contributed by atoms with Crippen molar-refractivity contribution in [3.63, 3.8) is 0 Å². The van der Waals surface area contributed by atoms with Crippen LogP contribution in [0.2, 0.25) is 0 Å². The molecule has 0 bridgehead atoms. The number of hydrogen-bond acceptors (Lipinski definition) is 24. The molecule has 752 valence electrons. The smallest absolute Gasteiger partial charge is 0.230 e. The monoisotopic (exact) mass is 1910 g/mol. The van der Waals surface area contributed by atoms with Gasteiger partial charge in [-0.3, -0.25) is 19.2 Å². The number of morpholine rings is 4. The van der Waals surface area contributed by atoms with Gasteiger partial charge in [0.1, 0.15) is 23.3 Å². The van der Waals surface area contributed by atoms with E-state index in [4.69, 9.17) is 37.9 Å². The second-order valence-corrected chi connectivity index (χ2v) is 41.5. The first-order valence-corrected chi connectivity index (χ1v) is 52.6. The lowest BCUT2D eigenvalue weighted by atomic mass is 9.79. The highest BCUT2D eigenvalue weighted by atomic mass is 16.5. The second kappa shape index (κ2) is 47.6. The normalized spacial score (nSPS) is 23.2. The van der Waals surface area contributed by atoms with Gasteiger partial charge in [-0.1, -0.05) is 24.3 Å². The van der Waals surface area contributed by atoms with Crippen LogP contribution in [0, 0.1) is 47.3 Å². The lowest BCUT2D eigenvalue weighted by Crippen LogP contribution is -2.39. The lowest BCUT2D eigenvalue weighted by molar-refractivity contribution is -0.125. The maximum absolute atomic E-state index is 14.0. The molecule has 0 unspecified atom stereocenters. The van der Waals surface area contributed by atoms with Crippen LogP contribution in [0.3, 0.4) is 0 Å². The maximum atomic E-state index is 14.0. The number of fused-ring (bicyclic) bond motifs is 8. The zero-order valence-corrected chi connectivity index (χ0v) is 84.8. The molecule has 28 nitrogen and oxygen atoms in total. The lowest BCUT2D eigenvalue weighted by Gasteiger charge is -2.35. The number of pyridine rings is 4. The molecule has 12 heterocycles. The number of anilines is 16. The number of benzene rings is 4. The molecule has 4 saturated carbocycles. The topological polar surface area (TPSA) is 268 Å². The first-order valence-electron chi connectivity index (χ1n) is 52.6. The molecule has 4 aromatic heterocycles. The van der Waals surface area contributed by atoms with Crippen molar-refractivity contribution in [2.45, 2.75) is 261 Å². The first-order chi connectivity index (χ1) is 68.0. The van der Waals surface area contributed by atoms with E-state index in [0.29, 0.717) is 49.9 Å². The van der Waals surface area contributed by atoms with Crippen LogP contribution in [0.15, 0.2) is 146 Å². The van der Waals surface area contributed by atoms with Crippen molar-refractivity contribution in [2.24, 2.45) is 47.3 Å². The molecule has 4 amide bonds. The van der Waals surface area contributed by atoms with E-state index in [-0.39, 0.29) is 96.1 Å². The number of aromatic nitrogens is 4. The van der Waals surface area contributed by atoms with Crippen molar-refractivity contribution in [2.75, 3.05) is 166 Å². The van der Waals surface area contributed by atoms with E-state index in [2.05, 4.69) is 241 Å². The summed E-state index contributed by atoms with van der Waals surface area (Å²) < 4.78 is 46.4. The van der Waals surface area contributed by atoms with Crippen LogP contribution >= 0.6 is 0 Å². The van der Waals surface area contributed by atoms with Crippen LogP contribution in [-0.4, -0.2) is 198 Å². The molecular formula is C112H152N16O12. The number of ether oxygens (including phenoxy) is 8. The van der Waals surface area contributed by atoms with Crippen molar-refractivity contribution in [3.8, 4) is 0 Å². The summed E-state index contributed by atoms with van der Waals surface area (Å²) >= 11 is 0.